The predicted octanol–water partition coefficient (Wildman–Crippen LogP) is 3.05. The van der Waals surface area contributed by atoms with Gasteiger partial charge in [-0.25, -0.2) is 9.67 Å². The van der Waals surface area contributed by atoms with Gasteiger partial charge in [-0.05, 0) is 31.2 Å². The molecule has 0 saturated carbocycles. The van der Waals surface area contributed by atoms with Gasteiger partial charge in [-0.15, -0.1) is 11.3 Å². The Balaban J connectivity index is 1.71. The van der Waals surface area contributed by atoms with Crippen molar-refractivity contribution in [3.63, 3.8) is 0 Å². The van der Waals surface area contributed by atoms with Crippen LogP contribution in [0.2, 0.25) is 5.02 Å². The molecule has 22 heavy (non-hydrogen) atoms. The Hall–Kier alpha value is -2.38. The molecule has 2 heterocycles. The van der Waals surface area contributed by atoms with Gasteiger partial charge >= 0.3 is 0 Å². The molecular weight excluding hydrogens is 322 g/mol. The van der Waals surface area contributed by atoms with Crippen molar-refractivity contribution in [2.24, 2.45) is 0 Å². The molecule has 0 unspecified atom stereocenters. The summed E-state index contributed by atoms with van der Waals surface area (Å²) in [6.07, 6.45) is 3.35. The van der Waals surface area contributed by atoms with E-state index in [4.69, 9.17) is 11.6 Å². The van der Waals surface area contributed by atoms with Crippen molar-refractivity contribution < 1.29 is 4.79 Å². The van der Waals surface area contributed by atoms with Crippen LogP contribution in [0.15, 0.2) is 42.0 Å². The third-order valence-electron chi connectivity index (χ3n) is 2.92. The van der Waals surface area contributed by atoms with Crippen molar-refractivity contribution in [3.05, 3.63) is 58.3 Å². The number of nitrogens with one attached hydrogen (secondary N) is 2. The number of aryl methyl sites for hydroxylation is 1. The van der Waals surface area contributed by atoms with Gasteiger partial charge in [0.1, 0.15) is 0 Å². The van der Waals surface area contributed by atoms with Crippen molar-refractivity contribution in [2.45, 2.75) is 6.92 Å². The quantitative estimate of drug-likeness (QED) is 0.720. The van der Waals surface area contributed by atoms with Crippen LogP contribution >= 0.6 is 22.9 Å². The Morgan fingerprint density at radius 1 is 1.32 bits per heavy atom. The SMILES string of the molecule is Cc1nn(-c2nccs2)cc1C(=O)NNc1ccc(Cl)cc1. The number of anilines is 1. The van der Waals surface area contributed by atoms with Crippen LogP contribution in [0.1, 0.15) is 16.1 Å². The molecule has 3 rings (SSSR count). The fourth-order valence-corrected chi connectivity index (χ4v) is 2.53. The highest BCUT2D eigenvalue weighted by Crippen LogP contribution is 2.15. The first kappa shape index (κ1) is 14.6. The van der Waals surface area contributed by atoms with Gasteiger partial charge in [-0.2, -0.15) is 5.10 Å². The second-order valence-electron chi connectivity index (χ2n) is 4.47. The van der Waals surface area contributed by atoms with Gasteiger partial charge in [0.25, 0.3) is 5.91 Å². The number of halogens is 1. The van der Waals surface area contributed by atoms with Crippen molar-refractivity contribution in [1.29, 1.82) is 0 Å². The standard InChI is InChI=1S/C14H12ClN5OS/c1-9-12(8-20(19-9)14-16-6-7-22-14)13(21)18-17-11-4-2-10(15)3-5-11/h2-8,17H,1H3,(H,18,21). The average Bonchev–Trinajstić information content (AvgIpc) is 3.15. The minimum Gasteiger partial charge on any atom is -0.298 e. The zero-order valence-electron chi connectivity index (χ0n) is 11.6. The number of rotatable bonds is 4. The molecule has 0 fully saturated rings. The highest BCUT2D eigenvalue weighted by Gasteiger charge is 2.14. The Morgan fingerprint density at radius 3 is 2.77 bits per heavy atom. The van der Waals surface area contributed by atoms with Gasteiger partial charge < -0.3 is 0 Å². The van der Waals surface area contributed by atoms with Gasteiger partial charge in [0.2, 0.25) is 5.13 Å². The van der Waals surface area contributed by atoms with E-state index in [9.17, 15) is 4.79 Å². The van der Waals surface area contributed by atoms with Gasteiger partial charge in [0, 0.05) is 22.8 Å². The molecule has 0 bridgehead atoms. The first-order chi connectivity index (χ1) is 10.6. The lowest BCUT2D eigenvalue weighted by Crippen LogP contribution is -2.29. The highest BCUT2D eigenvalue weighted by atomic mass is 35.5. The fraction of sp³-hybridized carbons (Fsp3) is 0.0714. The first-order valence-corrected chi connectivity index (χ1v) is 7.67. The fourth-order valence-electron chi connectivity index (χ4n) is 1.84. The number of benzene rings is 1. The molecule has 0 radical (unpaired) electrons. The van der Waals surface area contributed by atoms with E-state index in [1.807, 2.05) is 5.38 Å². The predicted molar refractivity (Wildman–Crippen MR) is 86.5 cm³/mol. The monoisotopic (exact) mass is 333 g/mol. The Morgan fingerprint density at radius 2 is 2.09 bits per heavy atom. The van der Waals surface area contributed by atoms with E-state index in [-0.39, 0.29) is 5.91 Å². The summed E-state index contributed by atoms with van der Waals surface area (Å²) in [5, 5.41) is 7.51. The molecule has 112 valence electrons. The molecule has 0 atom stereocenters. The molecule has 0 aliphatic rings. The number of nitrogens with zero attached hydrogens (tertiary/aromatic N) is 3. The van der Waals surface area contributed by atoms with Crippen molar-refractivity contribution in [2.75, 3.05) is 5.43 Å². The number of amides is 1. The molecule has 8 heteroatoms. The minimum absolute atomic E-state index is 0.268. The summed E-state index contributed by atoms with van der Waals surface area (Å²) in [6, 6.07) is 7.02. The third-order valence-corrected chi connectivity index (χ3v) is 3.94. The first-order valence-electron chi connectivity index (χ1n) is 6.41. The average molecular weight is 334 g/mol. The number of hydrazine groups is 1. The van der Waals surface area contributed by atoms with Crippen LogP contribution in [0, 0.1) is 6.92 Å². The van der Waals surface area contributed by atoms with Crippen LogP contribution in [0.4, 0.5) is 5.69 Å². The maximum Gasteiger partial charge on any atom is 0.273 e. The lowest BCUT2D eigenvalue weighted by atomic mass is 10.2. The van der Waals surface area contributed by atoms with Gasteiger partial charge in [-0.3, -0.25) is 15.6 Å². The van der Waals surface area contributed by atoms with E-state index in [2.05, 4.69) is 20.9 Å². The molecule has 1 aromatic carbocycles. The molecular formula is C14H12ClN5OS. The summed E-state index contributed by atoms with van der Waals surface area (Å²) < 4.78 is 1.59. The van der Waals surface area contributed by atoms with E-state index >= 15 is 0 Å². The Kier molecular flexibility index (Phi) is 4.08. The molecule has 3 aromatic rings. The van der Waals surface area contributed by atoms with E-state index in [0.717, 1.165) is 5.69 Å². The number of aromatic nitrogens is 3. The van der Waals surface area contributed by atoms with Crippen LogP contribution in [0.25, 0.3) is 5.13 Å². The summed E-state index contributed by atoms with van der Waals surface area (Å²) in [5.74, 6) is -0.268. The van der Waals surface area contributed by atoms with Crippen LogP contribution in [-0.2, 0) is 0 Å². The molecule has 2 N–H and O–H groups in total. The van der Waals surface area contributed by atoms with E-state index in [1.54, 1.807) is 48.3 Å². The molecule has 0 aliphatic heterocycles. The number of thiazole rings is 1. The molecule has 0 spiro atoms. The molecule has 0 aliphatic carbocycles. The van der Waals surface area contributed by atoms with Gasteiger partial charge in [-0.1, -0.05) is 11.6 Å². The summed E-state index contributed by atoms with van der Waals surface area (Å²) in [4.78, 5) is 16.4. The van der Waals surface area contributed by atoms with E-state index in [0.29, 0.717) is 21.4 Å². The second-order valence-corrected chi connectivity index (χ2v) is 5.78. The smallest absolute Gasteiger partial charge is 0.273 e. The maximum atomic E-state index is 12.2. The van der Waals surface area contributed by atoms with Crippen LogP contribution in [0.5, 0.6) is 0 Å². The van der Waals surface area contributed by atoms with Crippen LogP contribution in [-0.4, -0.2) is 20.7 Å². The molecule has 1 amide bonds. The van der Waals surface area contributed by atoms with E-state index < -0.39 is 0 Å². The summed E-state index contributed by atoms with van der Waals surface area (Å²) in [5.41, 5.74) is 7.32. The molecule has 2 aromatic heterocycles. The van der Waals surface area contributed by atoms with Gasteiger partial charge in [0.15, 0.2) is 0 Å². The topological polar surface area (TPSA) is 71.8 Å². The number of carbonyl (C=O) groups is 1. The molecule has 0 saturated heterocycles. The number of carbonyl (C=O) groups excluding carboxylic acids is 1. The Bertz CT molecular complexity index is 782. The third kappa shape index (κ3) is 3.10. The number of hydrogen-bond donors (Lipinski definition) is 2. The van der Waals surface area contributed by atoms with E-state index in [1.165, 1.54) is 11.3 Å². The lowest BCUT2D eigenvalue weighted by molar-refractivity contribution is 0.0962. The summed E-state index contributed by atoms with van der Waals surface area (Å²) in [7, 11) is 0. The zero-order valence-corrected chi connectivity index (χ0v) is 13.1. The molecule has 6 nitrogen and oxygen atoms in total. The summed E-state index contributed by atoms with van der Waals surface area (Å²) >= 11 is 7.26. The summed E-state index contributed by atoms with van der Waals surface area (Å²) in [6.45, 7) is 1.78. The zero-order chi connectivity index (χ0) is 15.5. The van der Waals surface area contributed by atoms with Crippen molar-refractivity contribution in [3.8, 4) is 5.13 Å². The number of hydrogen-bond acceptors (Lipinski definition) is 5. The lowest BCUT2D eigenvalue weighted by Gasteiger charge is -2.07. The maximum absolute atomic E-state index is 12.2. The van der Waals surface area contributed by atoms with Gasteiger partial charge in [0.05, 0.1) is 16.9 Å². The Labute approximate surface area is 135 Å². The highest BCUT2D eigenvalue weighted by molar-refractivity contribution is 7.12. The van der Waals surface area contributed by atoms with Crippen LogP contribution < -0.4 is 10.9 Å². The van der Waals surface area contributed by atoms with Crippen LogP contribution in [0.3, 0.4) is 0 Å². The normalized spacial score (nSPS) is 10.5. The van der Waals surface area contributed by atoms with Crippen molar-refractivity contribution in [1.82, 2.24) is 20.2 Å². The van der Waals surface area contributed by atoms with Crippen molar-refractivity contribution >= 4 is 34.5 Å². The minimum atomic E-state index is -0.268. The largest absolute Gasteiger partial charge is 0.298 e. The second kappa shape index (κ2) is 6.17.